The first-order valence-corrected chi connectivity index (χ1v) is 6.38. The molecular formula is C11H18ClN3O. The first kappa shape index (κ1) is 11.9. The second-order valence-electron chi connectivity index (χ2n) is 4.17. The Bertz CT molecular complexity index is 334. The minimum absolute atomic E-state index is 0.459. The van der Waals surface area contributed by atoms with Crippen LogP contribution in [-0.2, 0) is 17.7 Å². The normalized spacial score (nSPS) is 17.1. The van der Waals surface area contributed by atoms with E-state index in [0.717, 1.165) is 18.8 Å². The van der Waals surface area contributed by atoms with Crippen molar-refractivity contribution >= 4 is 11.6 Å². The highest BCUT2D eigenvalue weighted by Crippen LogP contribution is 2.21. The van der Waals surface area contributed by atoms with E-state index in [1.165, 1.54) is 25.7 Å². The fourth-order valence-electron chi connectivity index (χ4n) is 2.16. The fourth-order valence-corrected chi connectivity index (χ4v) is 2.38. The molecule has 0 saturated heterocycles. The molecule has 0 N–H and O–H groups in total. The predicted molar refractivity (Wildman–Crippen MR) is 62.6 cm³/mol. The second-order valence-corrected chi connectivity index (χ2v) is 4.51. The van der Waals surface area contributed by atoms with Crippen LogP contribution in [0.3, 0.4) is 0 Å². The summed E-state index contributed by atoms with van der Waals surface area (Å²) < 4.78 is 7.72. The maximum Gasteiger partial charge on any atom is 0.225 e. The number of nitrogens with zero attached hydrogens (tertiary/aromatic N) is 3. The van der Waals surface area contributed by atoms with Gasteiger partial charge in [-0.25, -0.2) is 0 Å². The van der Waals surface area contributed by atoms with E-state index in [9.17, 15) is 0 Å². The molecule has 5 heteroatoms. The summed E-state index contributed by atoms with van der Waals surface area (Å²) in [7, 11) is 0. The summed E-state index contributed by atoms with van der Waals surface area (Å²) in [5.74, 6) is 0.931. The topological polar surface area (TPSA) is 39.9 Å². The van der Waals surface area contributed by atoms with Gasteiger partial charge in [-0.05, 0) is 24.4 Å². The molecule has 0 spiro atoms. The SMILES string of the molecule is CCc1nnc(Cl)n1CCOC1CCCC1. The Balaban J connectivity index is 1.81. The molecule has 4 nitrogen and oxygen atoms in total. The quantitative estimate of drug-likeness (QED) is 0.798. The molecule has 1 aliphatic rings. The maximum atomic E-state index is 5.95. The Morgan fingerprint density at radius 1 is 1.38 bits per heavy atom. The van der Waals surface area contributed by atoms with Gasteiger partial charge in [-0.3, -0.25) is 4.57 Å². The number of halogens is 1. The summed E-state index contributed by atoms with van der Waals surface area (Å²) in [6.07, 6.45) is 6.33. The Hall–Kier alpha value is -0.610. The van der Waals surface area contributed by atoms with Crippen LogP contribution in [0.1, 0.15) is 38.4 Å². The lowest BCUT2D eigenvalue weighted by Gasteiger charge is -2.12. The van der Waals surface area contributed by atoms with Crippen LogP contribution in [0.2, 0.25) is 5.28 Å². The zero-order chi connectivity index (χ0) is 11.4. The van der Waals surface area contributed by atoms with Crippen molar-refractivity contribution in [2.45, 2.75) is 51.7 Å². The molecule has 0 bridgehead atoms. The van der Waals surface area contributed by atoms with Crippen LogP contribution in [-0.4, -0.2) is 27.5 Å². The van der Waals surface area contributed by atoms with Crippen molar-refractivity contribution in [2.75, 3.05) is 6.61 Å². The van der Waals surface area contributed by atoms with Crippen molar-refractivity contribution in [3.8, 4) is 0 Å². The van der Waals surface area contributed by atoms with E-state index < -0.39 is 0 Å². The molecule has 0 atom stereocenters. The van der Waals surface area contributed by atoms with Crippen LogP contribution in [0.4, 0.5) is 0 Å². The molecule has 1 fully saturated rings. The second kappa shape index (κ2) is 5.64. The molecule has 0 amide bonds. The van der Waals surface area contributed by atoms with E-state index in [4.69, 9.17) is 16.3 Å². The average molecular weight is 244 g/mol. The monoisotopic (exact) mass is 243 g/mol. The van der Waals surface area contributed by atoms with Crippen LogP contribution in [0.5, 0.6) is 0 Å². The Morgan fingerprint density at radius 2 is 2.12 bits per heavy atom. The Labute approximate surface area is 101 Å². The first-order chi connectivity index (χ1) is 7.81. The molecule has 0 aromatic carbocycles. The minimum atomic E-state index is 0.459. The van der Waals surface area contributed by atoms with Crippen LogP contribution in [0.15, 0.2) is 0 Å². The van der Waals surface area contributed by atoms with Gasteiger partial charge in [0.25, 0.3) is 0 Å². The number of ether oxygens (including phenoxy) is 1. The van der Waals surface area contributed by atoms with E-state index in [2.05, 4.69) is 17.1 Å². The standard InChI is InChI=1S/C11H18ClN3O/c1-2-10-13-14-11(12)15(10)7-8-16-9-5-3-4-6-9/h9H,2-8H2,1H3. The van der Waals surface area contributed by atoms with Crippen LogP contribution in [0.25, 0.3) is 0 Å². The maximum absolute atomic E-state index is 5.95. The fraction of sp³-hybridized carbons (Fsp3) is 0.818. The molecule has 90 valence electrons. The highest BCUT2D eigenvalue weighted by molar-refractivity contribution is 6.28. The van der Waals surface area contributed by atoms with Crippen LogP contribution < -0.4 is 0 Å². The molecule has 1 aromatic rings. The van der Waals surface area contributed by atoms with E-state index in [0.29, 0.717) is 18.0 Å². The van der Waals surface area contributed by atoms with Crippen LogP contribution >= 0.6 is 11.6 Å². The summed E-state index contributed by atoms with van der Waals surface area (Å²) in [6.45, 7) is 3.51. The van der Waals surface area contributed by atoms with Crippen molar-refractivity contribution in [2.24, 2.45) is 0 Å². The van der Waals surface area contributed by atoms with Gasteiger partial charge in [0.2, 0.25) is 5.28 Å². The predicted octanol–water partition coefficient (Wildman–Crippen LogP) is 2.45. The Kier molecular flexibility index (Phi) is 4.18. The van der Waals surface area contributed by atoms with Gasteiger partial charge in [0.15, 0.2) is 0 Å². The van der Waals surface area contributed by atoms with Crippen molar-refractivity contribution in [1.82, 2.24) is 14.8 Å². The third kappa shape index (κ3) is 2.74. The molecule has 0 aliphatic heterocycles. The molecule has 1 heterocycles. The molecular weight excluding hydrogens is 226 g/mol. The molecule has 0 unspecified atom stereocenters. The van der Waals surface area contributed by atoms with Gasteiger partial charge >= 0.3 is 0 Å². The molecule has 16 heavy (non-hydrogen) atoms. The van der Waals surface area contributed by atoms with Gasteiger partial charge in [-0.1, -0.05) is 19.8 Å². The van der Waals surface area contributed by atoms with Gasteiger partial charge in [-0.15, -0.1) is 10.2 Å². The number of hydrogen-bond acceptors (Lipinski definition) is 3. The third-order valence-electron chi connectivity index (χ3n) is 3.07. The molecule has 2 rings (SSSR count). The summed E-state index contributed by atoms with van der Waals surface area (Å²) in [5.41, 5.74) is 0. The zero-order valence-electron chi connectivity index (χ0n) is 9.65. The number of aromatic nitrogens is 3. The lowest BCUT2D eigenvalue weighted by molar-refractivity contribution is 0.0526. The van der Waals surface area contributed by atoms with E-state index in [1.807, 2.05) is 4.57 Å². The summed E-state index contributed by atoms with van der Waals surface area (Å²) in [6, 6.07) is 0. The van der Waals surface area contributed by atoms with Crippen LogP contribution in [0, 0.1) is 0 Å². The van der Waals surface area contributed by atoms with Gasteiger partial charge in [0.05, 0.1) is 19.3 Å². The van der Waals surface area contributed by atoms with E-state index >= 15 is 0 Å². The van der Waals surface area contributed by atoms with Gasteiger partial charge in [-0.2, -0.15) is 0 Å². The highest BCUT2D eigenvalue weighted by Gasteiger charge is 2.15. The van der Waals surface area contributed by atoms with Gasteiger partial charge in [0.1, 0.15) is 5.82 Å². The third-order valence-corrected chi connectivity index (χ3v) is 3.35. The minimum Gasteiger partial charge on any atom is -0.376 e. The van der Waals surface area contributed by atoms with Crippen molar-refractivity contribution in [3.63, 3.8) is 0 Å². The highest BCUT2D eigenvalue weighted by atomic mass is 35.5. The smallest absolute Gasteiger partial charge is 0.225 e. The first-order valence-electron chi connectivity index (χ1n) is 6.00. The summed E-state index contributed by atoms with van der Waals surface area (Å²) >= 11 is 5.95. The van der Waals surface area contributed by atoms with Crippen molar-refractivity contribution < 1.29 is 4.74 Å². The largest absolute Gasteiger partial charge is 0.376 e. The molecule has 1 saturated carbocycles. The summed E-state index contributed by atoms with van der Waals surface area (Å²) in [4.78, 5) is 0. The molecule has 1 aliphatic carbocycles. The van der Waals surface area contributed by atoms with Crippen molar-refractivity contribution in [1.29, 1.82) is 0 Å². The summed E-state index contributed by atoms with van der Waals surface area (Å²) in [5, 5.41) is 8.34. The number of rotatable bonds is 5. The lowest BCUT2D eigenvalue weighted by Crippen LogP contribution is -2.14. The zero-order valence-corrected chi connectivity index (χ0v) is 10.4. The number of aryl methyl sites for hydroxylation is 1. The molecule has 1 aromatic heterocycles. The molecule has 0 radical (unpaired) electrons. The lowest BCUT2D eigenvalue weighted by atomic mass is 10.3. The van der Waals surface area contributed by atoms with E-state index in [1.54, 1.807) is 0 Å². The Morgan fingerprint density at radius 3 is 2.81 bits per heavy atom. The number of hydrogen-bond donors (Lipinski definition) is 0. The van der Waals surface area contributed by atoms with Gasteiger partial charge < -0.3 is 4.74 Å². The van der Waals surface area contributed by atoms with E-state index in [-0.39, 0.29) is 0 Å². The van der Waals surface area contributed by atoms with Crippen molar-refractivity contribution in [3.05, 3.63) is 11.1 Å². The average Bonchev–Trinajstić information content (AvgIpc) is 2.90. The van der Waals surface area contributed by atoms with Gasteiger partial charge in [0, 0.05) is 6.42 Å².